The lowest BCUT2D eigenvalue weighted by atomic mass is 10.1. The molecule has 0 aliphatic heterocycles. The maximum atomic E-state index is 12.4. The van der Waals surface area contributed by atoms with E-state index >= 15 is 0 Å². The van der Waals surface area contributed by atoms with Gasteiger partial charge in [-0.25, -0.2) is 9.59 Å². The predicted molar refractivity (Wildman–Crippen MR) is 95.8 cm³/mol. The molecule has 0 fully saturated rings. The number of carbonyl (C=O) groups is 2. The average molecular weight is 348 g/mol. The van der Waals surface area contributed by atoms with E-state index in [0.29, 0.717) is 12.3 Å². The summed E-state index contributed by atoms with van der Waals surface area (Å²) < 4.78 is 11.1. The molecule has 1 aromatic rings. The maximum Gasteiger partial charge on any atom is 0.414 e. The standard InChI is InChI=1S/C19H28N2O4/c1-7-20(5)17(22)24-15-10-8-9-13-11-12-14(16(13)15)21(6)18(23)25-19(2,3)4/h8-10,14H,7,11-12H2,1-6H3. The minimum atomic E-state index is -0.553. The number of carbonyl (C=O) groups excluding carboxylic acids is 2. The zero-order chi connectivity index (χ0) is 18.8. The lowest BCUT2D eigenvalue weighted by molar-refractivity contribution is 0.0219. The molecule has 0 N–H and O–H groups in total. The van der Waals surface area contributed by atoms with Crippen LogP contribution in [0, 0.1) is 0 Å². The van der Waals surface area contributed by atoms with Gasteiger partial charge in [0.25, 0.3) is 0 Å². The molecule has 2 amide bonds. The van der Waals surface area contributed by atoms with Crippen LogP contribution in [0.3, 0.4) is 0 Å². The summed E-state index contributed by atoms with van der Waals surface area (Å²) >= 11 is 0. The van der Waals surface area contributed by atoms with Crippen LogP contribution in [0.1, 0.15) is 51.3 Å². The van der Waals surface area contributed by atoms with Gasteiger partial charge in [-0.1, -0.05) is 12.1 Å². The zero-order valence-electron chi connectivity index (χ0n) is 16.0. The van der Waals surface area contributed by atoms with Crippen LogP contribution in [0.5, 0.6) is 5.75 Å². The van der Waals surface area contributed by atoms with E-state index in [9.17, 15) is 9.59 Å². The summed E-state index contributed by atoms with van der Waals surface area (Å²) in [6.45, 7) is 7.98. The van der Waals surface area contributed by atoms with Crippen LogP contribution >= 0.6 is 0 Å². The van der Waals surface area contributed by atoms with Crippen molar-refractivity contribution in [1.82, 2.24) is 9.80 Å². The summed E-state index contributed by atoms with van der Waals surface area (Å²) in [5.74, 6) is 0.515. The molecule has 6 heteroatoms. The summed E-state index contributed by atoms with van der Waals surface area (Å²) in [4.78, 5) is 27.7. The van der Waals surface area contributed by atoms with Crippen molar-refractivity contribution >= 4 is 12.2 Å². The van der Waals surface area contributed by atoms with Crippen molar-refractivity contribution in [2.45, 2.75) is 52.2 Å². The molecule has 0 aromatic heterocycles. The summed E-state index contributed by atoms with van der Waals surface area (Å²) in [5.41, 5.74) is 1.45. The third-order valence-corrected chi connectivity index (χ3v) is 4.31. The fraction of sp³-hybridized carbons (Fsp3) is 0.579. The highest BCUT2D eigenvalue weighted by molar-refractivity contribution is 5.72. The van der Waals surface area contributed by atoms with E-state index in [1.54, 1.807) is 25.1 Å². The molecule has 0 bridgehead atoms. The Morgan fingerprint density at radius 3 is 2.48 bits per heavy atom. The molecule has 1 atom stereocenters. The second kappa shape index (κ2) is 7.33. The van der Waals surface area contributed by atoms with Crippen molar-refractivity contribution in [1.29, 1.82) is 0 Å². The number of ether oxygens (including phenoxy) is 2. The van der Waals surface area contributed by atoms with Gasteiger partial charge in [0.05, 0.1) is 6.04 Å². The van der Waals surface area contributed by atoms with Crippen LogP contribution in [-0.2, 0) is 11.2 Å². The first-order valence-corrected chi connectivity index (χ1v) is 8.64. The van der Waals surface area contributed by atoms with E-state index in [1.165, 1.54) is 4.90 Å². The van der Waals surface area contributed by atoms with Gasteiger partial charge in [-0.05, 0) is 52.2 Å². The fourth-order valence-corrected chi connectivity index (χ4v) is 2.86. The largest absolute Gasteiger partial charge is 0.444 e. The van der Waals surface area contributed by atoms with Crippen LogP contribution < -0.4 is 4.74 Å². The Bertz CT molecular complexity index is 651. The minimum absolute atomic E-state index is 0.166. The normalized spacial score (nSPS) is 16.2. The van der Waals surface area contributed by atoms with Gasteiger partial charge >= 0.3 is 12.2 Å². The number of nitrogens with zero attached hydrogens (tertiary/aromatic N) is 2. The lowest BCUT2D eigenvalue weighted by Gasteiger charge is -2.29. The minimum Gasteiger partial charge on any atom is -0.444 e. The number of hydrogen-bond acceptors (Lipinski definition) is 4. The molecule has 0 saturated carbocycles. The topological polar surface area (TPSA) is 59.1 Å². The van der Waals surface area contributed by atoms with Gasteiger partial charge in [0.15, 0.2) is 0 Å². The van der Waals surface area contributed by atoms with E-state index in [0.717, 1.165) is 24.0 Å². The second-order valence-electron chi connectivity index (χ2n) is 7.36. The molecular weight excluding hydrogens is 320 g/mol. The number of fused-ring (bicyclic) bond motifs is 1. The highest BCUT2D eigenvalue weighted by atomic mass is 16.6. The molecule has 1 aliphatic rings. The smallest absolute Gasteiger partial charge is 0.414 e. The highest BCUT2D eigenvalue weighted by Gasteiger charge is 2.34. The van der Waals surface area contributed by atoms with Crippen molar-refractivity contribution in [2.75, 3.05) is 20.6 Å². The molecule has 138 valence electrons. The van der Waals surface area contributed by atoms with Crippen LogP contribution in [0.2, 0.25) is 0 Å². The molecule has 0 radical (unpaired) electrons. The van der Waals surface area contributed by atoms with Gasteiger partial charge in [-0.2, -0.15) is 0 Å². The molecule has 1 aromatic carbocycles. The van der Waals surface area contributed by atoms with E-state index in [2.05, 4.69) is 0 Å². The Morgan fingerprint density at radius 1 is 1.20 bits per heavy atom. The Labute approximate surface area is 149 Å². The second-order valence-corrected chi connectivity index (χ2v) is 7.36. The van der Waals surface area contributed by atoms with Gasteiger partial charge in [0, 0.05) is 26.2 Å². The Kier molecular flexibility index (Phi) is 5.60. The first-order chi connectivity index (χ1) is 11.6. The number of amides is 2. The SMILES string of the molecule is CCN(C)C(=O)Oc1cccc2c1C(N(C)C(=O)OC(C)(C)C)CC2. The first-order valence-electron chi connectivity index (χ1n) is 8.64. The summed E-state index contributed by atoms with van der Waals surface area (Å²) in [6.07, 6.45) is 0.837. The van der Waals surface area contributed by atoms with Gasteiger partial charge in [-0.3, -0.25) is 0 Å². The van der Waals surface area contributed by atoms with Crippen molar-refractivity contribution in [3.05, 3.63) is 29.3 Å². The van der Waals surface area contributed by atoms with Crippen LogP contribution in [0.15, 0.2) is 18.2 Å². The van der Waals surface area contributed by atoms with Crippen LogP contribution in [0.25, 0.3) is 0 Å². The molecule has 1 unspecified atom stereocenters. The number of hydrogen-bond donors (Lipinski definition) is 0. The number of aryl methyl sites for hydroxylation is 1. The average Bonchev–Trinajstić information content (AvgIpc) is 2.96. The van der Waals surface area contributed by atoms with Gasteiger partial charge < -0.3 is 19.3 Å². The first kappa shape index (κ1) is 19.1. The quantitative estimate of drug-likeness (QED) is 0.829. The van der Waals surface area contributed by atoms with Crippen molar-refractivity contribution in [3.8, 4) is 5.75 Å². The Balaban J connectivity index is 2.25. The molecule has 2 rings (SSSR count). The molecule has 0 spiro atoms. The maximum absolute atomic E-state index is 12.4. The van der Waals surface area contributed by atoms with Crippen molar-refractivity contribution < 1.29 is 19.1 Å². The third-order valence-electron chi connectivity index (χ3n) is 4.31. The fourth-order valence-electron chi connectivity index (χ4n) is 2.86. The molecule has 25 heavy (non-hydrogen) atoms. The molecule has 6 nitrogen and oxygen atoms in total. The summed E-state index contributed by atoms with van der Waals surface area (Å²) in [7, 11) is 3.42. The molecule has 0 saturated heterocycles. The van der Waals surface area contributed by atoms with Crippen molar-refractivity contribution in [3.63, 3.8) is 0 Å². The monoisotopic (exact) mass is 348 g/mol. The van der Waals surface area contributed by atoms with E-state index < -0.39 is 11.7 Å². The summed E-state index contributed by atoms with van der Waals surface area (Å²) in [6, 6.07) is 5.50. The Hall–Kier alpha value is -2.24. The lowest BCUT2D eigenvalue weighted by Crippen LogP contribution is -2.36. The molecule has 0 heterocycles. The van der Waals surface area contributed by atoms with Gasteiger partial charge in [0.1, 0.15) is 11.4 Å². The summed E-state index contributed by atoms with van der Waals surface area (Å²) in [5, 5.41) is 0. The van der Waals surface area contributed by atoms with E-state index in [-0.39, 0.29) is 12.1 Å². The van der Waals surface area contributed by atoms with Crippen LogP contribution in [-0.4, -0.2) is 48.2 Å². The number of benzene rings is 1. The third kappa shape index (κ3) is 4.44. The van der Waals surface area contributed by atoms with E-state index in [1.807, 2.05) is 39.8 Å². The zero-order valence-corrected chi connectivity index (χ0v) is 16.0. The van der Waals surface area contributed by atoms with Gasteiger partial charge in [0.2, 0.25) is 0 Å². The van der Waals surface area contributed by atoms with E-state index in [4.69, 9.17) is 9.47 Å². The number of rotatable bonds is 3. The predicted octanol–water partition coefficient (Wildman–Crippen LogP) is 3.99. The highest BCUT2D eigenvalue weighted by Crippen LogP contribution is 2.41. The molecular formula is C19H28N2O4. The molecule has 1 aliphatic carbocycles. The van der Waals surface area contributed by atoms with Gasteiger partial charge in [-0.15, -0.1) is 0 Å². The van der Waals surface area contributed by atoms with Crippen LogP contribution in [0.4, 0.5) is 9.59 Å². The van der Waals surface area contributed by atoms with Crippen molar-refractivity contribution in [2.24, 2.45) is 0 Å². The Morgan fingerprint density at radius 2 is 1.88 bits per heavy atom.